The summed E-state index contributed by atoms with van der Waals surface area (Å²) in [6.07, 6.45) is 0.747. The first-order valence-electron chi connectivity index (χ1n) is 12.6. The molecule has 0 bridgehead atoms. The van der Waals surface area contributed by atoms with Crippen LogP contribution in [0.5, 0.6) is 11.8 Å². The van der Waals surface area contributed by atoms with Crippen LogP contribution in [0.4, 0.5) is 17.6 Å². The Morgan fingerprint density at radius 2 is 1.90 bits per heavy atom. The SMILES string of the molecule is Cn1cc(-c2c3cccn(Cc4ccccc4)c-3nc2-c2c(C(F)F)nn3c2OC[C@@H](NC=O)C3)c(OC(F)F)n1. The van der Waals surface area contributed by atoms with Gasteiger partial charge in [0.15, 0.2) is 0 Å². The Kier molecular flexibility index (Phi) is 6.81. The highest BCUT2D eigenvalue weighted by atomic mass is 19.3. The summed E-state index contributed by atoms with van der Waals surface area (Å²) in [6.45, 7) is -2.67. The van der Waals surface area contributed by atoms with Gasteiger partial charge in [-0.2, -0.15) is 13.9 Å². The molecule has 3 aliphatic rings. The molecular formula is C27H23F4N7O3. The van der Waals surface area contributed by atoms with Crippen molar-refractivity contribution in [2.75, 3.05) is 6.61 Å². The molecule has 0 radical (unpaired) electrons. The van der Waals surface area contributed by atoms with Crippen LogP contribution in [0.1, 0.15) is 17.7 Å². The summed E-state index contributed by atoms with van der Waals surface area (Å²) >= 11 is 0. The maximum atomic E-state index is 14.5. The van der Waals surface area contributed by atoms with Crippen LogP contribution in [0.3, 0.4) is 0 Å². The molecule has 0 unspecified atom stereocenters. The van der Waals surface area contributed by atoms with Crippen LogP contribution in [0.25, 0.3) is 33.8 Å². The van der Waals surface area contributed by atoms with Crippen molar-refractivity contribution >= 4 is 6.41 Å². The summed E-state index contributed by atoms with van der Waals surface area (Å²) in [6, 6.07) is 12.6. The molecule has 1 aromatic carbocycles. The number of pyridine rings is 1. The number of ether oxygens (including phenoxy) is 2. The van der Waals surface area contributed by atoms with Gasteiger partial charge in [-0.15, -0.1) is 5.10 Å². The summed E-state index contributed by atoms with van der Waals surface area (Å²) in [4.78, 5) is 15.8. The maximum absolute atomic E-state index is 14.5. The second-order valence-corrected chi connectivity index (χ2v) is 9.44. The molecule has 6 rings (SSSR count). The predicted molar refractivity (Wildman–Crippen MR) is 138 cm³/mol. The molecule has 5 heterocycles. The largest absolute Gasteiger partial charge is 0.475 e. The number of rotatable bonds is 9. The fourth-order valence-corrected chi connectivity index (χ4v) is 5.07. The average molecular weight is 570 g/mol. The van der Waals surface area contributed by atoms with Crippen LogP contribution in [0.2, 0.25) is 0 Å². The Balaban J connectivity index is 1.60. The molecule has 0 spiro atoms. The molecule has 0 aliphatic carbocycles. The van der Waals surface area contributed by atoms with Crippen LogP contribution in [-0.4, -0.2) is 54.8 Å². The van der Waals surface area contributed by atoms with Crippen LogP contribution >= 0.6 is 0 Å². The van der Waals surface area contributed by atoms with Crippen LogP contribution in [0.15, 0.2) is 54.9 Å². The molecule has 3 aliphatic heterocycles. The van der Waals surface area contributed by atoms with E-state index in [0.717, 1.165) is 5.56 Å². The van der Waals surface area contributed by atoms with Crippen molar-refractivity contribution in [1.29, 1.82) is 0 Å². The van der Waals surface area contributed by atoms with Crippen LogP contribution < -0.4 is 14.8 Å². The van der Waals surface area contributed by atoms with E-state index in [0.29, 0.717) is 24.3 Å². The number of carbonyl (C=O) groups excluding carboxylic acids is 1. The first kappa shape index (κ1) is 26.3. The lowest BCUT2D eigenvalue weighted by molar-refractivity contribution is -0.110. The number of benzene rings is 1. The molecule has 1 atom stereocenters. The van der Waals surface area contributed by atoms with Gasteiger partial charge in [0.1, 0.15) is 18.1 Å². The molecule has 0 saturated heterocycles. The fourth-order valence-electron chi connectivity index (χ4n) is 5.07. The smallest absolute Gasteiger partial charge is 0.388 e. The van der Waals surface area contributed by atoms with Gasteiger partial charge in [-0.05, 0) is 17.7 Å². The Bertz CT molecular complexity index is 1660. The van der Waals surface area contributed by atoms with Gasteiger partial charge in [0, 0.05) is 37.1 Å². The van der Waals surface area contributed by atoms with E-state index in [4.69, 9.17) is 14.5 Å². The normalized spacial score (nSPS) is 14.9. The van der Waals surface area contributed by atoms with E-state index in [2.05, 4.69) is 15.5 Å². The summed E-state index contributed by atoms with van der Waals surface area (Å²) in [5.74, 6) is 0.0696. The molecule has 0 saturated carbocycles. The van der Waals surface area contributed by atoms with Gasteiger partial charge in [0.2, 0.25) is 18.2 Å². The number of halogens is 4. The number of nitrogens with one attached hydrogen (secondary N) is 1. The lowest BCUT2D eigenvalue weighted by Gasteiger charge is -2.24. The number of alkyl halides is 4. The molecule has 0 fully saturated rings. The van der Waals surface area contributed by atoms with E-state index in [-0.39, 0.29) is 47.3 Å². The fraction of sp³-hybridized carbons (Fsp3) is 0.259. The Morgan fingerprint density at radius 3 is 2.63 bits per heavy atom. The van der Waals surface area contributed by atoms with Gasteiger partial charge >= 0.3 is 6.61 Å². The van der Waals surface area contributed by atoms with E-state index < -0.39 is 24.8 Å². The topological polar surface area (TPSA) is 101 Å². The number of carbonyl (C=O) groups is 1. The Hall–Kier alpha value is -4.88. The molecular weight excluding hydrogens is 546 g/mol. The molecule has 2 aromatic heterocycles. The second kappa shape index (κ2) is 10.6. The van der Waals surface area contributed by atoms with E-state index >= 15 is 0 Å². The predicted octanol–water partition coefficient (Wildman–Crippen LogP) is 4.35. The zero-order valence-electron chi connectivity index (χ0n) is 21.5. The lowest BCUT2D eigenvalue weighted by atomic mass is 9.98. The highest BCUT2D eigenvalue weighted by Crippen LogP contribution is 2.49. The Labute approximate surface area is 230 Å². The third-order valence-corrected chi connectivity index (χ3v) is 6.72. The van der Waals surface area contributed by atoms with Gasteiger partial charge in [-0.1, -0.05) is 30.3 Å². The van der Waals surface area contributed by atoms with Gasteiger partial charge in [0.25, 0.3) is 6.43 Å². The first-order valence-corrected chi connectivity index (χ1v) is 12.6. The highest BCUT2D eigenvalue weighted by molar-refractivity contribution is 5.97. The average Bonchev–Trinajstić information content (AvgIpc) is 3.61. The zero-order chi connectivity index (χ0) is 28.7. The van der Waals surface area contributed by atoms with Gasteiger partial charge in [-0.3, -0.25) is 9.48 Å². The Morgan fingerprint density at radius 1 is 1.10 bits per heavy atom. The minimum atomic E-state index is -3.17. The molecule has 14 heteroatoms. The second-order valence-electron chi connectivity index (χ2n) is 9.44. The van der Waals surface area contributed by atoms with Crippen molar-refractivity contribution in [3.8, 4) is 45.5 Å². The van der Waals surface area contributed by atoms with Crippen molar-refractivity contribution in [2.24, 2.45) is 7.05 Å². The van der Waals surface area contributed by atoms with Crippen molar-refractivity contribution in [3.05, 3.63) is 66.1 Å². The number of amides is 1. The van der Waals surface area contributed by atoms with Gasteiger partial charge in [-0.25, -0.2) is 18.4 Å². The minimum absolute atomic E-state index is 0.0102. The number of fused-ring (bicyclic) bond motifs is 2. The van der Waals surface area contributed by atoms with E-state index in [9.17, 15) is 22.4 Å². The van der Waals surface area contributed by atoms with E-state index in [1.54, 1.807) is 18.3 Å². The molecule has 3 aromatic rings. The van der Waals surface area contributed by atoms with Crippen molar-refractivity contribution in [2.45, 2.75) is 32.2 Å². The third-order valence-electron chi connectivity index (χ3n) is 6.72. The van der Waals surface area contributed by atoms with E-state index in [1.165, 1.54) is 22.6 Å². The van der Waals surface area contributed by atoms with Crippen molar-refractivity contribution < 1.29 is 31.8 Å². The minimum Gasteiger partial charge on any atom is -0.475 e. The maximum Gasteiger partial charge on any atom is 0.388 e. The number of hydrogen-bond donors (Lipinski definition) is 1. The van der Waals surface area contributed by atoms with E-state index in [1.807, 2.05) is 34.9 Å². The van der Waals surface area contributed by atoms with Gasteiger partial charge < -0.3 is 19.4 Å². The summed E-state index contributed by atoms with van der Waals surface area (Å²) < 4.78 is 70.7. The zero-order valence-corrected chi connectivity index (χ0v) is 21.5. The number of nitrogens with zero attached hydrogens (tertiary/aromatic N) is 6. The molecule has 1 N–H and O–H groups in total. The van der Waals surface area contributed by atoms with Crippen molar-refractivity contribution in [3.63, 3.8) is 0 Å². The van der Waals surface area contributed by atoms with Crippen molar-refractivity contribution in [1.82, 2.24) is 34.4 Å². The van der Waals surface area contributed by atoms with Crippen LogP contribution in [0, 0.1) is 0 Å². The molecule has 10 nitrogen and oxygen atoms in total. The summed E-state index contributed by atoms with van der Waals surface area (Å²) in [7, 11) is 1.53. The summed E-state index contributed by atoms with van der Waals surface area (Å²) in [5.41, 5.74) is 1.26. The standard InChI is InChI=1S/C27H23F4N7O3/c1-36-12-18(25(35-36)41-27(30)31)19-17-8-5-9-37(10-15-6-3-2-4-7-15)24(17)33-21(19)20-22(23(28)29)34-38-11-16(32-14-39)13-40-26(20)38/h2-9,12,14,16,23,27H,10-11,13H2,1H3,(H,32,39)/t16-/m0/s1. The summed E-state index contributed by atoms with van der Waals surface area (Å²) in [5, 5.41) is 10.7. The molecule has 1 amide bonds. The number of aryl methyl sites for hydroxylation is 1. The third kappa shape index (κ3) is 4.85. The number of hydrogen-bond acceptors (Lipinski definition) is 6. The monoisotopic (exact) mass is 569 g/mol. The first-order chi connectivity index (χ1) is 19.8. The highest BCUT2D eigenvalue weighted by Gasteiger charge is 2.36. The molecule has 41 heavy (non-hydrogen) atoms. The molecule has 212 valence electrons. The lowest BCUT2D eigenvalue weighted by Crippen LogP contribution is -2.41. The van der Waals surface area contributed by atoms with Crippen LogP contribution in [-0.2, 0) is 24.9 Å². The quantitative estimate of drug-likeness (QED) is 0.209. The number of aromatic nitrogens is 6. The van der Waals surface area contributed by atoms with Gasteiger partial charge in [0.05, 0.1) is 29.4 Å².